The Morgan fingerprint density at radius 2 is 1.83 bits per heavy atom. The standard InChI is InChI=1S/C21H30O3/c1-13(22)24-15-8-10-20(2)14(12-15)4-5-16-17-6-7-19(23)21(17,3)11-9-18(16)20/h4,15-18H,5-12H2,1-3H3/t15-,16?,17?,18?,20?,21-/m0/s1. The van der Waals surface area contributed by atoms with Gasteiger partial charge in [-0.25, -0.2) is 0 Å². The van der Waals surface area contributed by atoms with Crippen LogP contribution in [0.1, 0.15) is 72.1 Å². The van der Waals surface area contributed by atoms with Crippen molar-refractivity contribution in [3.8, 4) is 0 Å². The first-order valence-electron chi connectivity index (χ1n) is 9.74. The highest BCUT2D eigenvalue weighted by molar-refractivity contribution is 5.87. The number of allylic oxidation sites excluding steroid dienone is 1. The van der Waals surface area contributed by atoms with Gasteiger partial charge in [-0.1, -0.05) is 25.5 Å². The number of ketones is 1. The minimum absolute atomic E-state index is 0.0438. The van der Waals surface area contributed by atoms with Gasteiger partial charge in [0.25, 0.3) is 0 Å². The minimum Gasteiger partial charge on any atom is -0.462 e. The van der Waals surface area contributed by atoms with Crippen molar-refractivity contribution in [3.63, 3.8) is 0 Å². The summed E-state index contributed by atoms with van der Waals surface area (Å²) in [7, 11) is 0. The van der Waals surface area contributed by atoms with Gasteiger partial charge < -0.3 is 4.74 Å². The van der Waals surface area contributed by atoms with Crippen molar-refractivity contribution in [1.82, 2.24) is 0 Å². The molecule has 0 aliphatic heterocycles. The van der Waals surface area contributed by atoms with Gasteiger partial charge in [0, 0.05) is 25.2 Å². The molecule has 0 aromatic rings. The summed E-state index contributed by atoms with van der Waals surface area (Å²) in [5, 5.41) is 0. The van der Waals surface area contributed by atoms with Gasteiger partial charge in [-0.2, -0.15) is 0 Å². The molecular formula is C21H30O3. The maximum Gasteiger partial charge on any atom is 0.302 e. The highest BCUT2D eigenvalue weighted by atomic mass is 16.5. The first kappa shape index (κ1) is 16.4. The van der Waals surface area contributed by atoms with E-state index in [9.17, 15) is 9.59 Å². The molecule has 3 heteroatoms. The summed E-state index contributed by atoms with van der Waals surface area (Å²) >= 11 is 0. The van der Waals surface area contributed by atoms with Crippen molar-refractivity contribution >= 4 is 11.8 Å². The van der Waals surface area contributed by atoms with Crippen molar-refractivity contribution in [2.75, 3.05) is 0 Å². The fourth-order valence-corrected chi connectivity index (χ4v) is 6.73. The van der Waals surface area contributed by atoms with E-state index in [1.807, 2.05) is 0 Å². The molecule has 3 fully saturated rings. The predicted molar refractivity (Wildman–Crippen MR) is 92.3 cm³/mol. The van der Waals surface area contributed by atoms with Crippen molar-refractivity contribution in [2.45, 2.75) is 78.2 Å². The van der Waals surface area contributed by atoms with Crippen LogP contribution >= 0.6 is 0 Å². The van der Waals surface area contributed by atoms with E-state index in [0.29, 0.717) is 23.5 Å². The van der Waals surface area contributed by atoms with Crippen LogP contribution < -0.4 is 0 Å². The number of rotatable bonds is 1. The van der Waals surface area contributed by atoms with Crippen LogP contribution in [0.4, 0.5) is 0 Å². The number of carbonyl (C=O) groups is 2. The van der Waals surface area contributed by atoms with Gasteiger partial charge in [0.2, 0.25) is 0 Å². The molecule has 0 amide bonds. The summed E-state index contributed by atoms with van der Waals surface area (Å²) < 4.78 is 5.50. The lowest BCUT2D eigenvalue weighted by atomic mass is 9.48. The van der Waals surface area contributed by atoms with Crippen molar-refractivity contribution in [1.29, 1.82) is 0 Å². The molecule has 0 saturated heterocycles. The molecule has 4 aliphatic rings. The lowest BCUT2D eigenvalue weighted by molar-refractivity contribution is -0.148. The molecule has 0 N–H and O–H groups in total. The molecule has 24 heavy (non-hydrogen) atoms. The first-order chi connectivity index (χ1) is 11.3. The third-order valence-electron chi connectivity index (χ3n) is 8.10. The molecule has 3 saturated carbocycles. The summed E-state index contributed by atoms with van der Waals surface area (Å²) in [6.07, 6.45) is 10.8. The second-order valence-electron chi connectivity index (χ2n) is 9.15. The Bertz CT molecular complexity index is 606. The summed E-state index contributed by atoms with van der Waals surface area (Å²) in [5.74, 6) is 2.33. The number of carbonyl (C=O) groups excluding carboxylic acids is 2. The Morgan fingerprint density at radius 1 is 1.12 bits per heavy atom. The molecule has 6 atom stereocenters. The van der Waals surface area contributed by atoms with E-state index in [1.54, 1.807) is 0 Å². The smallest absolute Gasteiger partial charge is 0.302 e. The second-order valence-corrected chi connectivity index (χ2v) is 9.15. The van der Waals surface area contributed by atoms with Gasteiger partial charge in [-0.15, -0.1) is 0 Å². The third-order valence-corrected chi connectivity index (χ3v) is 8.10. The van der Waals surface area contributed by atoms with E-state index in [1.165, 1.54) is 18.9 Å². The molecule has 0 heterocycles. The third kappa shape index (κ3) is 2.23. The zero-order valence-corrected chi connectivity index (χ0v) is 15.3. The van der Waals surface area contributed by atoms with Crippen molar-refractivity contribution < 1.29 is 14.3 Å². The number of hydrogen-bond donors (Lipinski definition) is 0. The number of Topliss-reactive ketones (excluding diaryl/α,β-unsaturated/α-hetero) is 1. The van der Waals surface area contributed by atoms with Gasteiger partial charge in [0.1, 0.15) is 11.9 Å². The van der Waals surface area contributed by atoms with Crippen LogP contribution in [0.25, 0.3) is 0 Å². The van der Waals surface area contributed by atoms with Crippen LogP contribution in [0.5, 0.6) is 0 Å². The van der Waals surface area contributed by atoms with E-state index in [0.717, 1.165) is 44.9 Å². The van der Waals surface area contributed by atoms with Gasteiger partial charge in [0.05, 0.1) is 0 Å². The van der Waals surface area contributed by atoms with Crippen LogP contribution in [0.2, 0.25) is 0 Å². The topological polar surface area (TPSA) is 43.4 Å². The average molecular weight is 330 g/mol. The number of fused-ring (bicyclic) bond motifs is 5. The van der Waals surface area contributed by atoms with Crippen LogP contribution in [0, 0.1) is 28.6 Å². The van der Waals surface area contributed by atoms with Gasteiger partial charge >= 0.3 is 5.97 Å². The van der Waals surface area contributed by atoms with Gasteiger partial charge in [-0.05, 0) is 61.7 Å². The largest absolute Gasteiger partial charge is 0.462 e. The molecule has 0 aromatic heterocycles. The predicted octanol–water partition coefficient (Wildman–Crippen LogP) is 4.45. The molecule has 132 valence electrons. The summed E-state index contributed by atoms with van der Waals surface area (Å²) in [4.78, 5) is 23.7. The van der Waals surface area contributed by atoms with E-state index in [4.69, 9.17) is 4.74 Å². The minimum atomic E-state index is -0.157. The number of ether oxygens (including phenoxy) is 1. The van der Waals surface area contributed by atoms with Crippen LogP contribution in [-0.4, -0.2) is 17.9 Å². The lowest BCUT2D eigenvalue weighted by Crippen LogP contribution is -2.50. The summed E-state index contributed by atoms with van der Waals surface area (Å²) in [5.41, 5.74) is 1.74. The van der Waals surface area contributed by atoms with Crippen LogP contribution in [-0.2, 0) is 14.3 Å². The quantitative estimate of drug-likeness (QED) is 0.527. The van der Waals surface area contributed by atoms with E-state index in [2.05, 4.69) is 19.9 Å². The molecule has 4 rings (SSSR count). The fraction of sp³-hybridized carbons (Fsp3) is 0.810. The Morgan fingerprint density at radius 3 is 2.58 bits per heavy atom. The van der Waals surface area contributed by atoms with Gasteiger partial charge in [0.15, 0.2) is 0 Å². The van der Waals surface area contributed by atoms with E-state index < -0.39 is 0 Å². The summed E-state index contributed by atoms with van der Waals surface area (Å²) in [6.45, 7) is 6.19. The highest BCUT2D eigenvalue weighted by Crippen LogP contribution is 2.64. The number of esters is 1. The second kappa shape index (κ2) is 5.44. The molecule has 4 aliphatic carbocycles. The Balaban J connectivity index is 1.60. The SMILES string of the molecule is CC(=O)O[C@H]1CCC2(C)C(=CCC3C2CC[C@]2(C)C(=O)CCC32)C1. The molecule has 0 aromatic carbocycles. The maximum absolute atomic E-state index is 12.4. The summed E-state index contributed by atoms with van der Waals surface area (Å²) in [6, 6.07) is 0. The normalized spacial score (nSPS) is 47.3. The monoisotopic (exact) mass is 330 g/mol. The maximum atomic E-state index is 12.4. The Kier molecular flexibility index (Phi) is 3.71. The zero-order valence-electron chi connectivity index (χ0n) is 15.3. The van der Waals surface area contributed by atoms with E-state index in [-0.39, 0.29) is 22.9 Å². The van der Waals surface area contributed by atoms with Crippen LogP contribution in [0.15, 0.2) is 11.6 Å². The van der Waals surface area contributed by atoms with Gasteiger partial charge in [-0.3, -0.25) is 9.59 Å². The molecule has 4 unspecified atom stereocenters. The molecule has 0 spiro atoms. The fourth-order valence-electron chi connectivity index (χ4n) is 6.73. The first-order valence-corrected chi connectivity index (χ1v) is 9.74. The van der Waals surface area contributed by atoms with Crippen LogP contribution in [0.3, 0.4) is 0 Å². The Labute approximate surface area is 145 Å². The molecule has 0 radical (unpaired) electrons. The van der Waals surface area contributed by atoms with E-state index >= 15 is 0 Å². The lowest BCUT2D eigenvalue weighted by Gasteiger charge is -2.56. The number of hydrogen-bond acceptors (Lipinski definition) is 3. The van der Waals surface area contributed by atoms with Crippen molar-refractivity contribution in [2.24, 2.45) is 28.6 Å². The zero-order chi connectivity index (χ0) is 17.1. The highest BCUT2D eigenvalue weighted by Gasteiger charge is 2.58. The molecule has 0 bridgehead atoms. The van der Waals surface area contributed by atoms with Crippen molar-refractivity contribution in [3.05, 3.63) is 11.6 Å². The molecule has 3 nitrogen and oxygen atoms in total. The average Bonchev–Trinajstić information content (AvgIpc) is 2.83. The Hall–Kier alpha value is -1.12. The molecular weight excluding hydrogens is 300 g/mol.